The molecule has 0 amide bonds. The van der Waals surface area contributed by atoms with E-state index in [4.69, 9.17) is 0 Å². The van der Waals surface area contributed by atoms with Gasteiger partial charge in [-0.2, -0.15) is 0 Å². The van der Waals surface area contributed by atoms with Crippen LogP contribution in [0.25, 0.3) is 21.3 Å². The smallest absolute Gasteiger partial charge is 0.223 e. The van der Waals surface area contributed by atoms with Crippen LogP contribution >= 0.6 is 22.7 Å². The molecule has 4 aromatic heterocycles. The minimum Gasteiger partial charge on any atom is -0.349 e. The van der Waals surface area contributed by atoms with Gasteiger partial charge in [-0.3, -0.25) is 4.98 Å². The van der Waals surface area contributed by atoms with Crippen molar-refractivity contribution in [1.82, 2.24) is 19.9 Å². The molecule has 0 unspecified atom stereocenters. The topological polar surface area (TPSA) is 63.6 Å². The molecule has 0 aliphatic heterocycles. The Balaban J connectivity index is 1.47. The maximum Gasteiger partial charge on any atom is 0.223 e. The van der Waals surface area contributed by atoms with Gasteiger partial charge in [0.2, 0.25) is 5.95 Å². The third-order valence-electron chi connectivity index (χ3n) is 3.29. The van der Waals surface area contributed by atoms with Crippen molar-refractivity contribution in [2.45, 2.75) is 6.54 Å². The van der Waals surface area contributed by atoms with E-state index >= 15 is 0 Å². The summed E-state index contributed by atoms with van der Waals surface area (Å²) in [5.41, 5.74) is 2.61. The quantitative estimate of drug-likeness (QED) is 0.579. The normalized spacial score (nSPS) is 10.7. The summed E-state index contributed by atoms with van der Waals surface area (Å²) in [5, 5.41) is 8.39. The van der Waals surface area contributed by atoms with Crippen LogP contribution < -0.4 is 5.32 Å². The first-order valence-corrected chi connectivity index (χ1v) is 9.11. The van der Waals surface area contributed by atoms with Crippen LogP contribution in [0.5, 0.6) is 0 Å². The van der Waals surface area contributed by atoms with Crippen molar-refractivity contribution in [1.29, 1.82) is 0 Å². The summed E-state index contributed by atoms with van der Waals surface area (Å²) in [6.45, 7) is 0.591. The lowest BCUT2D eigenvalue weighted by atomic mass is 10.3. The van der Waals surface area contributed by atoms with Crippen LogP contribution in [0.4, 0.5) is 5.95 Å². The third kappa shape index (κ3) is 3.32. The van der Waals surface area contributed by atoms with Gasteiger partial charge >= 0.3 is 0 Å². The lowest BCUT2D eigenvalue weighted by Gasteiger charge is -2.04. The highest BCUT2D eigenvalue weighted by molar-refractivity contribution is 7.20. The van der Waals surface area contributed by atoms with E-state index in [-0.39, 0.29) is 0 Å². The number of rotatable bonds is 5. The Labute approximate surface area is 147 Å². The predicted octanol–water partition coefficient (Wildman–Crippen LogP) is 4.34. The van der Waals surface area contributed by atoms with Crippen molar-refractivity contribution < 1.29 is 0 Å². The average Bonchev–Trinajstić information content (AvgIpc) is 3.32. The molecule has 0 atom stereocenters. The molecular formula is C17H13N5S2. The number of thiophene rings is 1. The molecule has 5 nitrogen and oxygen atoms in total. The van der Waals surface area contributed by atoms with Gasteiger partial charge in [0.1, 0.15) is 5.01 Å². The van der Waals surface area contributed by atoms with E-state index in [1.807, 2.05) is 30.3 Å². The van der Waals surface area contributed by atoms with Gasteiger partial charge in [-0.25, -0.2) is 15.0 Å². The van der Waals surface area contributed by atoms with E-state index in [9.17, 15) is 0 Å². The second-order valence-electron chi connectivity index (χ2n) is 4.96. The molecule has 0 spiro atoms. The second kappa shape index (κ2) is 6.86. The summed E-state index contributed by atoms with van der Waals surface area (Å²) < 4.78 is 0. The Morgan fingerprint density at radius 1 is 0.875 bits per heavy atom. The van der Waals surface area contributed by atoms with Crippen LogP contribution in [-0.2, 0) is 6.54 Å². The molecule has 0 aromatic carbocycles. The number of nitrogens with zero attached hydrogens (tertiary/aromatic N) is 4. The molecular weight excluding hydrogens is 338 g/mol. The Bertz CT molecular complexity index is 919. The van der Waals surface area contributed by atoms with Crippen molar-refractivity contribution in [3.8, 4) is 21.3 Å². The Hall–Kier alpha value is -2.64. The zero-order valence-electron chi connectivity index (χ0n) is 12.6. The van der Waals surface area contributed by atoms with Gasteiger partial charge in [0.05, 0.1) is 28.5 Å². The van der Waals surface area contributed by atoms with Crippen molar-refractivity contribution in [3.63, 3.8) is 0 Å². The molecule has 7 heteroatoms. The van der Waals surface area contributed by atoms with Crippen LogP contribution in [0.2, 0.25) is 0 Å². The van der Waals surface area contributed by atoms with Crippen LogP contribution in [-0.4, -0.2) is 19.9 Å². The summed E-state index contributed by atoms with van der Waals surface area (Å²) in [6, 6.07) is 11.7. The standard InChI is InChI=1S/C17H13N5S2/c1-2-7-18-13(4-1)14-6-8-19-17(22-14)20-10-12-11-24-16(21-12)15-5-3-9-23-15/h1-9,11H,10H2,(H,19,20,22). The monoisotopic (exact) mass is 351 g/mol. The molecule has 4 aromatic rings. The number of nitrogens with one attached hydrogen (secondary N) is 1. The SMILES string of the molecule is c1ccc(-c2ccnc(NCc3csc(-c4cccs4)n3)n2)nc1. The van der Waals surface area contributed by atoms with Crippen molar-refractivity contribution >= 4 is 28.6 Å². The number of anilines is 1. The summed E-state index contributed by atoms with van der Waals surface area (Å²) >= 11 is 3.35. The van der Waals surface area contributed by atoms with E-state index in [2.05, 4.69) is 42.1 Å². The molecule has 0 radical (unpaired) electrons. The van der Waals surface area contributed by atoms with E-state index in [0.717, 1.165) is 22.1 Å². The highest BCUT2D eigenvalue weighted by Gasteiger charge is 2.07. The van der Waals surface area contributed by atoms with Gasteiger partial charge in [0.25, 0.3) is 0 Å². The summed E-state index contributed by atoms with van der Waals surface area (Å²) in [7, 11) is 0. The molecule has 4 rings (SSSR count). The fourth-order valence-corrected chi connectivity index (χ4v) is 3.81. The molecule has 1 N–H and O–H groups in total. The van der Waals surface area contributed by atoms with Crippen molar-refractivity contribution in [2.24, 2.45) is 0 Å². The first-order valence-electron chi connectivity index (χ1n) is 7.35. The fraction of sp³-hybridized carbons (Fsp3) is 0.0588. The van der Waals surface area contributed by atoms with Gasteiger partial charge in [-0.05, 0) is 29.6 Å². The van der Waals surface area contributed by atoms with Gasteiger partial charge in [-0.1, -0.05) is 12.1 Å². The summed E-state index contributed by atoms with van der Waals surface area (Å²) in [6.07, 6.45) is 3.49. The molecule has 0 saturated heterocycles. The van der Waals surface area contributed by atoms with Crippen molar-refractivity contribution in [2.75, 3.05) is 5.32 Å². The number of aromatic nitrogens is 4. The fourth-order valence-electron chi connectivity index (χ4n) is 2.17. The molecule has 0 saturated carbocycles. The van der Waals surface area contributed by atoms with Crippen LogP contribution in [0.15, 0.2) is 59.6 Å². The van der Waals surface area contributed by atoms with E-state index < -0.39 is 0 Å². The van der Waals surface area contributed by atoms with Crippen LogP contribution in [0.3, 0.4) is 0 Å². The Morgan fingerprint density at radius 3 is 2.71 bits per heavy atom. The van der Waals surface area contributed by atoms with Gasteiger partial charge in [-0.15, -0.1) is 22.7 Å². The number of thiazole rings is 1. The maximum atomic E-state index is 4.65. The molecule has 0 aliphatic carbocycles. The molecule has 118 valence electrons. The highest BCUT2D eigenvalue weighted by atomic mass is 32.1. The molecule has 4 heterocycles. The maximum absolute atomic E-state index is 4.65. The number of hydrogen-bond acceptors (Lipinski definition) is 7. The second-order valence-corrected chi connectivity index (χ2v) is 6.76. The van der Waals surface area contributed by atoms with Gasteiger partial charge in [0, 0.05) is 17.8 Å². The van der Waals surface area contributed by atoms with Gasteiger partial charge < -0.3 is 5.32 Å². The molecule has 0 aliphatic rings. The minimum absolute atomic E-state index is 0.573. The van der Waals surface area contributed by atoms with Crippen LogP contribution in [0.1, 0.15) is 5.69 Å². The Morgan fingerprint density at radius 2 is 1.88 bits per heavy atom. The number of hydrogen-bond donors (Lipinski definition) is 1. The van der Waals surface area contributed by atoms with E-state index in [1.165, 1.54) is 4.88 Å². The van der Waals surface area contributed by atoms with Crippen LogP contribution in [0, 0.1) is 0 Å². The number of pyridine rings is 1. The zero-order chi connectivity index (χ0) is 16.2. The zero-order valence-corrected chi connectivity index (χ0v) is 14.2. The van der Waals surface area contributed by atoms with E-state index in [0.29, 0.717) is 12.5 Å². The lowest BCUT2D eigenvalue weighted by molar-refractivity contribution is 1.02. The molecule has 24 heavy (non-hydrogen) atoms. The third-order valence-corrected chi connectivity index (χ3v) is 5.22. The predicted molar refractivity (Wildman–Crippen MR) is 98.0 cm³/mol. The first kappa shape index (κ1) is 14.9. The van der Waals surface area contributed by atoms with E-state index in [1.54, 1.807) is 35.1 Å². The lowest BCUT2D eigenvalue weighted by Crippen LogP contribution is -2.04. The summed E-state index contributed by atoms with van der Waals surface area (Å²) in [4.78, 5) is 18.9. The Kier molecular flexibility index (Phi) is 4.26. The minimum atomic E-state index is 0.573. The van der Waals surface area contributed by atoms with Gasteiger partial charge in [0.15, 0.2) is 0 Å². The first-order chi connectivity index (χ1) is 11.9. The average molecular weight is 351 g/mol. The molecule has 0 fully saturated rings. The summed E-state index contributed by atoms with van der Waals surface area (Å²) in [5.74, 6) is 0.573. The highest BCUT2D eigenvalue weighted by Crippen LogP contribution is 2.27. The van der Waals surface area contributed by atoms with Crippen molar-refractivity contribution in [3.05, 3.63) is 65.2 Å². The molecule has 0 bridgehead atoms. The largest absolute Gasteiger partial charge is 0.349 e.